The largest absolute Gasteiger partial charge is 0.455 e. The van der Waals surface area contributed by atoms with Crippen LogP contribution in [0, 0.1) is 0 Å². The number of halogens is 1. The molecule has 0 N–H and O–H groups in total. The lowest BCUT2D eigenvalue weighted by Crippen LogP contribution is -1.88. The van der Waals surface area contributed by atoms with E-state index in [0.717, 1.165) is 54.6 Å². The van der Waals surface area contributed by atoms with E-state index in [1.165, 1.54) is 0 Å². The molecule has 0 unspecified atom stereocenters. The van der Waals surface area contributed by atoms with Crippen LogP contribution >= 0.6 is 15.9 Å². The van der Waals surface area contributed by atoms with Crippen LogP contribution in [0.5, 0.6) is 0 Å². The fourth-order valence-electron chi connectivity index (χ4n) is 6.23. The van der Waals surface area contributed by atoms with E-state index in [1.807, 2.05) is 54.6 Å². The Balaban J connectivity index is 1.38. The molecule has 0 atom stereocenters. The Hall–Kier alpha value is -4.92. The molecule has 0 saturated heterocycles. The van der Waals surface area contributed by atoms with Crippen molar-refractivity contribution in [3.8, 4) is 22.3 Å². The first-order valence-corrected chi connectivity index (χ1v) is 14.3. The van der Waals surface area contributed by atoms with Gasteiger partial charge < -0.3 is 4.42 Å². The smallest absolute Gasteiger partial charge is 0.143 e. The monoisotopic (exact) mass is 606 g/mol. The van der Waals surface area contributed by atoms with Crippen LogP contribution in [0.15, 0.2) is 148 Å². The third-order valence-corrected chi connectivity index (χ3v) is 8.92. The van der Waals surface area contributed by atoms with E-state index in [9.17, 15) is 0 Å². The molecule has 0 fully saturated rings. The molecule has 0 aliphatic carbocycles. The molecule has 0 saturated carbocycles. The predicted molar refractivity (Wildman–Crippen MR) is 182 cm³/mol. The fourth-order valence-corrected chi connectivity index (χ4v) is 6.82. The number of benzene rings is 8. The van der Waals surface area contributed by atoms with E-state index in [4.69, 9.17) is 15.4 Å². The Labute approximate surface area is 262 Å². The summed E-state index contributed by atoms with van der Waals surface area (Å²) in [6.45, 7) is 0. The van der Waals surface area contributed by atoms with Gasteiger partial charge in [0.15, 0.2) is 0 Å². The van der Waals surface area contributed by atoms with E-state index in [2.05, 4.69) is 52.3 Å². The SMILES string of the molecule is [2H]c1c([2H])c([2H])c2c(-c3ccc4ccc(-c5cc6ccccc6c6c5oc5ccccc56)cc4c3)c3c([2H])c([2H])c([2H])c([2H])c3c(Br)c2c1[2H]. The number of hydrogen-bond donors (Lipinski definition) is 0. The summed E-state index contributed by atoms with van der Waals surface area (Å²) in [6.07, 6.45) is 0. The Morgan fingerprint density at radius 1 is 0.524 bits per heavy atom. The van der Waals surface area contributed by atoms with Gasteiger partial charge in [-0.05, 0) is 100.0 Å². The van der Waals surface area contributed by atoms with E-state index < -0.39 is 24.2 Å². The average molecular weight is 608 g/mol. The molecule has 196 valence electrons. The quantitative estimate of drug-likeness (QED) is 0.178. The van der Waals surface area contributed by atoms with Gasteiger partial charge in [0.25, 0.3) is 0 Å². The summed E-state index contributed by atoms with van der Waals surface area (Å²) in [5, 5.41) is 6.67. The maximum Gasteiger partial charge on any atom is 0.143 e. The molecule has 1 nitrogen and oxygen atoms in total. The minimum atomic E-state index is -0.426. The van der Waals surface area contributed by atoms with Crippen LogP contribution in [0.25, 0.3) is 87.3 Å². The minimum absolute atomic E-state index is 0.154. The van der Waals surface area contributed by atoms with Gasteiger partial charge in [-0.25, -0.2) is 0 Å². The van der Waals surface area contributed by atoms with Gasteiger partial charge in [0.1, 0.15) is 11.2 Å². The van der Waals surface area contributed by atoms with Crippen molar-refractivity contribution in [1.29, 1.82) is 0 Å². The molecular weight excluding hydrogens is 576 g/mol. The van der Waals surface area contributed by atoms with Crippen LogP contribution in [-0.2, 0) is 0 Å². The molecule has 0 bridgehead atoms. The fraction of sp³-hybridized carbons (Fsp3) is 0. The molecule has 1 aromatic heterocycles. The van der Waals surface area contributed by atoms with Crippen molar-refractivity contribution in [3.63, 3.8) is 0 Å². The normalized spacial score (nSPS) is 14.6. The summed E-state index contributed by atoms with van der Waals surface area (Å²) in [5.41, 5.74) is 4.28. The molecule has 0 spiro atoms. The highest BCUT2D eigenvalue weighted by Crippen LogP contribution is 2.44. The summed E-state index contributed by atoms with van der Waals surface area (Å²) in [5.74, 6) is 0. The number of furan rings is 1. The second-order valence-electron chi connectivity index (χ2n) is 10.4. The lowest BCUT2D eigenvalue weighted by atomic mass is 9.90. The summed E-state index contributed by atoms with van der Waals surface area (Å²) in [7, 11) is 0. The third-order valence-electron chi connectivity index (χ3n) is 8.12. The van der Waals surface area contributed by atoms with E-state index in [-0.39, 0.29) is 50.2 Å². The van der Waals surface area contributed by atoms with Gasteiger partial charge in [-0.3, -0.25) is 0 Å². The van der Waals surface area contributed by atoms with Crippen LogP contribution in [-0.4, -0.2) is 0 Å². The number of hydrogen-bond acceptors (Lipinski definition) is 1. The first kappa shape index (κ1) is 17.1. The maximum atomic E-state index is 8.99. The van der Waals surface area contributed by atoms with Gasteiger partial charge in [0.05, 0.1) is 11.0 Å². The molecule has 9 aromatic rings. The molecule has 8 aromatic carbocycles. The van der Waals surface area contributed by atoms with Gasteiger partial charge >= 0.3 is 0 Å². The molecule has 0 amide bonds. The standard InChI is InChI=1S/C40H23BrO/c41-39-32-13-5-3-11-30(32)37(31-12-4-6-14-33(31)39)27-20-18-24-17-19-26(21-28(24)22-27)35-23-25-9-1-2-10-29(25)38-34-15-7-8-16-36(34)42-40(35)38/h1-23H/i3D,4D,5D,6D,11D,12D,13D,14D. The van der Waals surface area contributed by atoms with Crippen molar-refractivity contribution < 1.29 is 15.4 Å². The van der Waals surface area contributed by atoms with Crippen molar-refractivity contribution in [1.82, 2.24) is 0 Å². The zero-order chi connectivity index (χ0) is 34.7. The summed E-state index contributed by atoms with van der Waals surface area (Å²) in [4.78, 5) is 0. The van der Waals surface area contributed by atoms with Crippen LogP contribution in [0.2, 0.25) is 0 Å². The minimum Gasteiger partial charge on any atom is -0.455 e. The first-order chi connectivity index (χ1) is 24.1. The third kappa shape index (κ3) is 3.42. The highest BCUT2D eigenvalue weighted by Gasteiger charge is 2.17. The Morgan fingerprint density at radius 2 is 1.14 bits per heavy atom. The molecule has 1 heterocycles. The Morgan fingerprint density at radius 3 is 1.90 bits per heavy atom. The van der Waals surface area contributed by atoms with Crippen molar-refractivity contribution in [2.75, 3.05) is 0 Å². The topological polar surface area (TPSA) is 13.1 Å². The first-order valence-electron chi connectivity index (χ1n) is 17.6. The highest BCUT2D eigenvalue weighted by molar-refractivity contribution is 9.10. The second-order valence-corrected chi connectivity index (χ2v) is 11.2. The van der Waals surface area contributed by atoms with Crippen LogP contribution in [0.3, 0.4) is 0 Å². The maximum absolute atomic E-state index is 8.99. The predicted octanol–water partition coefficient (Wildman–Crippen LogP) is 12.3. The molecule has 9 rings (SSSR count). The second kappa shape index (κ2) is 9.04. The molecule has 0 aliphatic rings. The van der Waals surface area contributed by atoms with Gasteiger partial charge in [-0.1, -0.05) is 115 Å². The zero-order valence-electron chi connectivity index (χ0n) is 29.9. The number of para-hydroxylation sites is 1. The summed E-state index contributed by atoms with van der Waals surface area (Å²) in [6, 6.07) is 27.3. The zero-order valence-corrected chi connectivity index (χ0v) is 23.5. The molecule has 42 heavy (non-hydrogen) atoms. The molecule has 2 heteroatoms. The van der Waals surface area contributed by atoms with Crippen molar-refractivity contribution >= 4 is 81.0 Å². The van der Waals surface area contributed by atoms with Crippen molar-refractivity contribution in [2.24, 2.45) is 0 Å². The van der Waals surface area contributed by atoms with Gasteiger partial charge in [-0.2, -0.15) is 0 Å². The molecule has 0 aliphatic heterocycles. The van der Waals surface area contributed by atoms with Gasteiger partial charge in [0.2, 0.25) is 0 Å². The summed E-state index contributed by atoms with van der Waals surface area (Å²) < 4.78 is 76.2. The van der Waals surface area contributed by atoms with E-state index in [0.29, 0.717) is 11.1 Å². The van der Waals surface area contributed by atoms with Crippen LogP contribution < -0.4 is 0 Å². The molecule has 0 radical (unpaired) electrons. The average Bonchev–Trinajstić information content (AvgIpc) is 3.53. The number of rotatable bonds is 2. The van der Waals surface area contributed by atoms with Crippen molar-refractivity contribution in [2.45, 2.75) is 0 Å². The van der Waals surface area contributed by atoms with Gasteiger partial charge in [-0.15, -0.1) is 0 Å². The van der Waals surface area contributed by atoms with Crippen LogP contribution in [0.4, 0.5) is 0 Å². The van der Waals surface area contributed by atoms with Crippen molar-refractivity contribution in [3.05, 3.63) is 144 Å². The van der Waals surface area contributed by atoms with Crippen LogP contribution in [0.1, 0.15) is 11.0 Å². The summed E-state index contributed by atoms with van der Waals surface area (Å²) >= 11 is 3.50. The van der Waals surface area contributed by atoms with E-state index >= 15 is 0 Å². The lowest BCUT2D eigenvalue weighted by Gasteiger charge is -2.15. The Kier molecular flexibility index (Phi) is 3.69. The number of fused-ring (bicyclic) bond motifs is 8. The lowest BCUT2D eigenvalue weighted by molar-refractivity contribution is 0.670. The van der Waals surface area contributed by atoms with Gasteiger partial charge in [0, 0.05) is 20.8 Å². The highest BCUT2D eigenvalue weighted by atomic mass is 79.9. The van der Waals surface area contributed by atoms with E-state index in [1.54, 1.807) is 0 Å². The molecular formula is C40H23BrO. The Bertz CT molecular complexity index is 2910.